The van der Waals surface area contributed by atoms with Gasteiger partial charge in [0.1, 0.15) is 5.75 Å². The number of carbonyl (C=O) groups is 2. The van der Waals surface area contributed by atoms with Crippen molar-refractivity contribution < 1.29 is 18.8 Å². The molecule has 3 aromatic rings. The van der Waals surface area contributed by atoms with Crippen LogP contribution in [0.15, 0.2) is 53.5 Å². The Bertz CT molecular complexity index is 1090. The quantitative estimate of drug-likeness (QED) is 0.465. The van der Waals surface area contributed by atoms with Crippen molar-refractivity contribution in [3.8, 4) is 5.75 Å². The SMILES string of the molecule is COc1ccc(C2CN(CC(=O)Nc3ncon3)CCC2NC(=O)Nc2ccc(Cl)cc2)nc1. The summed E-state index contributed by atoms with van der Waals surface area (Å²) in [5.41, 5.74) is 1.43. The zero-order chi connectivity index (χ0) is 23.9. The van der Waals surface area contributed by atoms with Gasteiger partial charge in [-0.25, -0.2) is 4.79 Å². The third-order valence-electron chi connectivity index (χ3n) is 5.47. The summed E-state index contributed by atoms with van der Waals surface area (Å²) in [5.74, 6) is 0.359. The molecule has 0 saturated carbocycles. The number of rotatable bonds is 7. The highest BCUT2D eigenvalue weighted by Crippen LogP contribution is 2.27. The van der Waals surface area contributed by atoms with E-state index in [-0.39, 0.29) is 36.4 Å². The lowest BCUT2D eigenvalue weighted by Gasteiger charge is -2.38. The van der Waals surface area contributed by atoms with Gasteiger partial charge in [0.25, 0.3) is 5.95 Å². The lowest BCUT2D eigenvalue weighted by atomic mass is 9.88. The zero-order valence-corrected chi connectivity index (χ0v) is 19.2. The number of halogens is 1. The molecule has 1 saturated heterocycles. The highest BCUT2D eigenvalue weighted by Gasteiger charge is 2.33. The molecular formula is C22H24ClN7O4. The van der Waals surface area contributed by atoms with Crippen molar-refractivity contribution in [2.24, 2.45) is 0 Å². The first-order valence-electron chi connectivity index (χ1n) is 10.6. The summed E-state index contributed by atoms with van der Waals surface area (Å²) in [7, 11) is 1.58. The number of carbonyl (C=O) groups excluding carboxylic acids is 2. The summed E-state index contributed by atoms with van der Waals surface area (Å²) < 4.78 is 9.85. The van der Waals surface area contributed by atoms with Gasteiger partial charge in [-0.3, -0.25) is 20.0 Å². The summed E-state index contributed by atoms with van der Waals surface area (Å²) >= 11 is 5.91. The molecule has 0 spiro atoms. The molecule has 1 aromatic carbocycles. The highest BCUT2D eigenvalue weighted by molar-refractivity contribution is 6.30. The second kappa shape index (κ2) is 10.9. The Kier molecular flexibility index (Phi) is 7.55. The molecule has 1 fully saturated rings. The van der Waals surface area contributed by atoms with Crippen molar-refractivity contribution in [1.82, 2.24) is 25.3 Å². The van der Waals surface area contributed by atoms with E-state index in [1.807, 2.05) is 17.0 Å². The Morgan fingerprint density at radius 3 is 2.68 bits per heavy atom. The third kappa shape index (κ3) is 6.21. The predicted molar refractivity (Wildman–Crippen MR) is 125 cm³/mol. The lowest BCUT2D eigenvalue weighted by Crippen LogP contribution is -2.52. The first kappa shape index (κ1) is 23.5. The summed E-state index contributed by atoms with van der Waals surface area (Å²) in [6.45, 7) is 1.27. The molecule has 2 unspecified atom stereocenters. The van der Waals surface area contributed by atoms with Crippen molar-refractivity contribution in [2.45, 2.75) is 18.4 Å². The molecule has 1 aliphatic rings. The lowest BCUT2D eigenvalue weighted by molar-refractivity contribution is -0.117. The van der Waals surface area contributed by atoms with Crippen LogP contribution in [0, 0.1) is 0 Å². The zero-order valence-electron chi connectivity index (χ0n) is 18.4. The van der Waals surface area contributed by atoms with Crippen LogP contribution in [0.5, 0.6) is 5.75 Å². The first-order chi connectivity index (χ1) is 16.5. The van der Waals surface area contributed by atoms with Gasteiger partial charge in [-0.05, 0) is 48.0 Å². The maximum Gasteiger partial charge on any atom is 0.319 e. The molecule has 2 aromatic heterocycles. The fourth-order valence-electron chi connectivity index (χ4n) is 3.83. The van der Waals surface area contributed by atoms with Gasteiger partial charge in [-0.1, -0.05) is 11.6 Å². The average Bonchev–Trinajstić information content (AvgIpc) is 3.34. The number of aromatic nitrogens is 3. The van der Waals surface area contributed by atoms with Crippen molar-refractivity contribution in [2.75, 3.05) is 37.4 Å². The van der Waals surface area contributed by atoms with Crippen LogP contribution in [0.4, 0.5) is 16.4 Å². The monoisotopic (exact) mass is 485 g/mol. The summed E-state index contributed by atoms with van der Waals surface area (Å²) in [6, 6.07) is 10.1. The van der Waals surface area contributed by atoms with Crippen LogP contribution in [-0.2, 0) is 4.79 Å². The van der Waals surface area contributed by atoms with Crippen LogP contribution < -0.4 is 20.7 Å². The Balaban J connectivity index is 1.43. The Morgan fingerprint density at radius 1 is 1.18 bits per heavy atom. The number of pyridine rings is 1. The number of piperidine rings is 1. The van der Waals surface area contributed by atoms with Crippen LogP contribution >= 0.6 is 11.6 Å². The van der Waals surface area contributed by atoms with Crippen molar-refractivity contribution >= 4 is 35.2 Å². The number of anilines is 2. The number of nitrogens with one attached hydrogen (secondary N) is 3. The topological polar surface area (TPSA) is 135 Å². The van der Waals surface area contributed by atoms with E-state index in [0.29, 0.717) is 36.0 Å². The number of nitrogens with zero attached hydrogens (tertiary/aromatic N) is 4. The van der Waals surface area contributed by atoms with Crippen molar-refractivity contribution in [3.63, 3.8) is 0 Å². The second-order valence-electron chi connectivity index (χ2n) is 7.77. The molecule has 12 heteroatoms. The smallest absolute Gasteiger partial charge is 0.319 e. The summed E-state index contributed by atoms with van der Waals surface area (Å²) in [4.78, 5) is 35.4. The van der Waals surface area contributed by atoms with E-state index >= 15 is 0 Å². The van der Waals surface area contributed by atoms with E-state index in [2.05, 4.69) is 35.6 Å². The molecule has 34 heavy (non-hydrogen) atoms. The van der Waals surface area contributed by atoms with Crippen molar-refractivity contribution in [1.29, 1.82) is 0 Å². The first-order valence-corrected chi connectivity index (χ1v) is 11.0. The van der Waals surface area contributed by atoms with Gasteiger partial charge in [0.05, 0.1) is 19.9 Å². The third-order valence-corrected chi connectivity index (χ3v) is 5.72. The van der Waals surface area contributed by atoms with E-state index in [4.69, 9.17) is 16.3 Å². The van der Waals surface area contributed by atoms with E-state index in [1.54, 1.807) is 37.6 Å². The fraction of sp³-hybridized carbons (Fsp3) is 0.318. The Morgan fingerprint density at radius 2 is 2.00 bits per heavy atom. The van der Waals surface area contributed by atoms with Crippen LogP contribution in [0.3, 0.4) is 0 Å². The number of benzene rings is 1. The minimum atomic E-state index is -0.325. The van der Waals surface area contributed by atoms with Crippen molar-refractivity contribution in [3.05, 3.63) is 59.7 Å². The summed E-state index contributed by atoms with van der Waals surface area (Å²) in [5, 5.41) is 12.7. The Hall–Kier alpha value is -3.70. The van der Waals surface area contributed by atoms with Gasteiger partial charge < -0.3 is 19.9 Å². The maximum atomic E-state index is 12.7. The molecule has 0 radical (unpaired) electrons. The molecule has 0 bridgehead atoms. The van der Waals surface area contributed by atoms with E-state index < -0.39 is 0 Å². The van der Waals surface area contributed by atoms with E-state index in [1.165, 1.54) is 0 Å². The van der Waals surface area contributed by atoms with Gasteiger partial charge in [0, 0.05) is 41.5 Å². The molecule has 2 atom stereocenters. The minimum absolute atomic E-state index is 0.119. The number of ether oxygens (including phenoxy) is 1. The number of amides is 3. The molecule has 11 nitrogen and oxygen atoms in total. The van der Waals surface area contributed by atoms with Gasteiger partial charge in [-0.2, -0.15) is 4.98 Å². The summed E-state index contributed by atoms with van der Waals surface area (Å²) in [6.07, 6.45) is 3.41. The molecule has 0 aliphatic carbocycles. The molecule has 3 amide bonds. The fourth-order valence-corrected chi connectivity index (χ4v) is 3.96. The van der Waals surface area contributed by atoms with E-state index in [9.17, 15) is 9.59 Å². The second-order valence-corrected chi connectivity index (χ2v) is 8.20. The number of hydrogen-bond donors (Lipinski definition) is 3. The van der Waals surface area contributed by atoms with E-state index in [0.717, 1.165) is 12.1 Å². The predicted octanol–water partition coefficient (Wildman–Crippen LogP) is 2.74. The molecule has 1 aliphatic heterocycles. The number of hydrogen-bond acceptors (Lipinski definition) is 8. The van der Waals surface area contributed by atoms with Crippen LogP contribution in [0.1, 0.15) is 18.0 Å². The molecule has 3 N–H and O–H groups in total. The normalized spacial score (nSPS) is 18.2. The van der Waals surface area contributed by atoms with Gasteiger partial charge in [0.15, 0.2) is 0 Å². The van der Waals surface area contributed by atoms with Gasteiger partial charge >= 0.3 is 6.03 Å². The highest BCUT2D eigenvalue weighted by atomic mass is 35.5. The minimum Gasteiger partial charge on any atom is -0.495 e. The molecule has 3 heterocycles. The van der Waals surface area contributed by atoms with Crippen LogP contribution in [0.25, 0.3) is 0 Å². The average molecular weight is 486 g/mol. The van der Waals surface area contributed by atoms with Gasteiger partial charge in [-0.15, -0.1) is 0 Å². The molecule has 4 rings (SSSR count). The number of likely N-dealkylation sites (tertiary alicyclic amines) is 1. The van der Waals surface area contributed by atoms with Crippen LogP contribution in [-0.4, -0.2) is 64.7 Å². The largest absolute Gasteiger partial charge is 0.495 e. The molecular weight excluding hydrogens is 462 g/mol. The standard InChI is InChI=1S/C22H24ClN7O4/c1-33-16-6-7-18(24-10-16)17-11-30(12-20(31)28-21-25-13-34-29-21)9-8-19(17)27-22(32)26-15-4-2-14(23)3-5-15/h2-7,10,13,17,19H,8-9,11-12H2,1H3,(H2,26,27,32)(H,28,29,31). The number of urea groups is 1. The van der Waals surface area contributed by atoms with Gasteiger partial charge in [0.2, 0.25) is 12.3 Å². The van der Waals surface area contributed by atoms with Crippen LogP contribution in [0.2, 0.25) is 5.02 Å². The molecule has 178 valence electrons. The number of methoxy groups -OCH3 is 1. The maximum absolute atomic E-state index is 12.7. The Labute approximate surface area is 200 Å².